The van der Waals surface area contributed by atoms with Crippen molar-refractivity contribution in [3.63, 3.8) is 0 Å². The van der Waals surface area contributed by atoms with Crippen molar-refractivity contribution >= 4 is 22.4 Å². The summed E-state index contributed by atoms with van der Waals surface area (Å²) in [5.74, 6) is -0.892. The number of nitrogens with one attached hydrogen (secondary N) is 1. The van der Waals surface area contributed by atoms with Crippen molar-refractivity contribution < 1.29 is 9.18 Å². The Kier molecular flexibility index (Phi) is 3.89. The molecule has 116 valence electrons. The zero-order chi connectivity index (χ0) is 16.4. The molecule has 1 aromatic heterocycles. The molecule has 1 heterocycles. The summed E-state index contributed by atoms with van der Waals surface area (Å²) in [4.78, 5) is 24.7. The number of hydrogen-bond donors (Lipinski definition) is 1. The van der Waals surface area contributed by atoms with Crippen LogP contribution in [0.1, 0.15) is 13.0 Å². The molecule has 1 N–H and O–H groups in total. The fraction of sp³-hybridized carbons (Fsp3) is 0.118. The topological polar surface area (TPSA) is 64.0 Å². The lowest BCUT2D eigenvalue weighted by atomic mass is 10.2. The molecular weight excluding hydrogens is 297 g/mol. The van der Waals surface area contributed by atoms with E-state index in [9.17, 15) is 14.0 Å². The van der Waals surface area contributed by atoms with Gasteiger partial charge in [0, 0.05) is 11.1 Å². The molecule has 3 aromatic rings. The molecule has 0 aliphatic heterocycles. The van der Waals surface area contributed by atoms with E-state index >= 15 is 0 Å². The molecule has 5 nitrogen and oxygen atoms in total. The van der Waals surface area contributed by atoms with Gasteiger partial charge in [-0.05, 0) is 31.2 Å². The molecule has 6 heteroatoms. The Morgan fingerprint density at radius 3 is 2.78 bits per heavy atom. The van der Waals surface area contributed by atoms with Crippen LogP contribution in [0.25, 0.3) is 10.8 Å². The monoisotopic (exact) mass is 311 g/mol. The Hall–Kier alpha value is -3.02. The van der Waals surface area contributed by atoms with Gasteiger partial charge in [-0.1, -0.05) is 24.3 Å². The number of aromatic nitrogens is 2. The second-order valence-electron chi connectivity index (χ2n) is 5.16. The van der Waals surface area contributed by atoms with Crippen molar-refractivity contribution in [3.05, 3.63) is 70.9 Å². The van der Waals surface area contributed by atoms with Crippen molar-refractivity contribution in [2.24, 2.45) is 0 Å². The second-order valence-corrected chi connectivity index (χ2v) is 5.16. The third-order valence-corrected chi connectivity index (χ3v) is 3.56. The van der Waals surface area contributed by atoms with Gasteiger partial charge in [-0.2, -0.15) is 5.10 Å². The normalized spacial score (nSPS) is 12.1. The van der Waals surface area contributed by atoms with Crippen molar-refractivity contribution in [1.82, 2.24) is 9.78 Å². The van der Waals surface area contributed by atoms with Crippen LogP contribution in [0.2, 0.25) is 0 Å². The van der Waals surface area contributed by atoms with E-state index in [2.05, 4.69) is 10.4 Å². The minimum absolute atomic E-state index is 0.329. The van der Waals surface area contributed by atoms with Crippen molar-refractivity contribution in [3.8, 4) is 0 Å². The first-order valence-electron chi connectivity index (χ1n) is 7.09. The number of halogens is 1. The van der Waals surface area contributed by atoms with Gasteiger partial charge >= 0.3 is 0 Å². The largest absolute Gasteiger partial charge is 0.324 e. The average Bonchev–Trinajstić information content (AvgIpc) is 2.55. The van der Waals surface area contributed by atoms with Gasteiger partial charge in [0.25, 0.3) is 5.56 Å². The average molecular weight is 311 g/mol. The number of benzene rings is 2. The third-order valence-electron chi connectivity index (χ3n) is 3.56. The van der Waals surface area contributed by atoms with Gasteiger partial charge in [-0.25, -0.2) is 9.07 Å². The highest BCUT2D eigenvalue weighted by atomic mass is 19.1. The molecular formula is C17H14FN3O2. The summed E-state index contributed by atoms with van der Waals surface area (Å²) in [6.07, 6.45) is 1.54. The first-order valence-corrected chi connectivity index (χ1v) is 7.09. The van der Waals surface area contributed by atoms with Gasteiger partial charge in [0.05, 0.1) is 11.6 Å². The molecule has 23 heavy (non-hydrogen) atoms. The van der Waals surface area contributed by atoms with E-state index in [4.69, 9.17) is 0 Å². The lowest BCUT2D eigenvalue weighted by molar-refractivity contribution is -0.119. The van der Waals surface area contributed by atoms with Gasteiger partial charge in [0.2, 0.25) is 5.91 Å². The van der Waals surface area contributed by atoms with E-state index in [1.807, 2.05) is 6.07 Å². The fourth-order valence-electron chi connectivity index (χ4n) is 2.30. The molecule has 0 saturated carbocycles. The Bertz CT molecular complexity index is 936. The van der Waals surface area contributed by atoms with Crippen LogP contribution < -0.4 is 10.9 Å². The first kappa shape index (κ1) is 14.9. The lowest BCUT2D eigenvalue weighted by Crippen LogP contribution is -2.33. The molecule has 0 aliphatic rings. The van der Waals surface area contributed by atoms with Crippen LogP contribution in [0.4, 0.5) is 10.1 Å². The molecule has 0 unspecified atom stereocenters. The van der Waals surface area contributed by atoms with Gasteiger partial charge in [-0.3, -0.25) is 9.59 Å². The number of nitrogens with zero attached hydrogens (tertiary/aromatic N) is 2. The number of fused-ring (bicyclic) bond motifs is 1. The van der Waals surface area contributed by atoms with Gasteiger partial charge in [0.1, 0.15) is 11.9 Å². The smallest absolute Gasteiger partial charge is 0.275 e. The van der Waals surface area contributed by atoms with Gasteiger partial charge < -0.3 is 5.32 Å². The van der Waals surface area contributed by atoms with Crippen LogP contribution in [0, 0.1) is 5.82 Å². The summed E-state index contributed by atoms with van der Waals surface area (Å²) in [6.45, 7) is 1.57. The molecule has 0 spiro atoms. The fourth-order valence-corrected chi connectivity index (χ4v) is 2.30. The zero-order valence-electron chi connectivity index (χ0n) is 12.4. The SMILES string of the molecule is C[C@@H](C(=O)Nc1cccc(F)c1)n1ncc2ccccc2c1=O. The van der Waals surface area contributed by atoms with Crippen molar-refractivity contribution in [2.45, 2.75) is 13.0 Å². The molecule has 0 fully saturated rings. The van der Waals surface area contributed by atoms with E-state index in [-0.39, 0.29) is 5.56 Å². The molecule has 2 aromatic carbocycles. The highest BCUT2D eigenvalue weighted by molar-refractivity contribution is 5.93. The van der Waals surface area contributed by atoms with Crippen LogP contribution in [-0.2, 0) is 4.79 Å². The Morgan fingerprint density at radius 2 is 2.00 bits per heavy atom. The molecule has 3 rings (SSSR count). The number of anilines is 1. The zero-order valence-corrected chi connectivity index (χ0v) is 12.4. The standard InChI is InChI=1S/C17H14FN3O2/c1-11(16(22)20-14-7-4-6-13(18)9-14)21-17(23)15-8-3-2-5-12(15)10-19-21/h2-11H,1H3,(H,20,22)/t11-/m0/s1. The maximum absolute atomic E-state index is 13.2. The highest BCUT2D eigenvalue weighted by Crippen LogP contribution is 2.13. The van der Waals surface area contributed by atoms with Crippen LogP contribution >= 0.6 is 0 Å². The Labute approximate surface area is 131 Å². The van der Waals surface area contributed by atoms with E-state index in [0.29, 0.717) is 16.5 Å². The van der Waals surface area contributed by atoms with Crippen molar-refractivity contribution in [2.75, 3.05) is 5.32 Å². The molecule has 0 aliphatic carbocycles. The predicted octanol–water partition coefficient (Wildman–Crippen LogP) is 2.74. The molecule has 0 radical (unpaired) electrons. The number of carbonyl (C=O) groups excluding carboxylic acids is 1. The molecule has 0 saturated heterocycles. The Morgan fingerprint density at radius 1 is 1.22 bits per heavy atom. The number of amides is 1. The summed E-state index contributed by atoms with van der Waals surface area (Å²) in [5.41, 5.74) is -0.0133. The Balaban J connectivity index is 1.90. The van der Waals surface area contributed by atoms with Crippen molar-refractivity contribution in [1.29, 1.82) is 0 Å². The van der Waals surface area contributed by atoms with Crippen LogP contribution in [-0.4, -0.2) is 15.7 Å². The lowest BCUT2D eigenvalue weighted by Gasteiger charge is -2.14. The van der Waals surface area contributed by atoms with Crippen LogP contribution in [0.15, 0.2) is 59.5 Å². The minimum atomic E-state index is -0.824. The summed E-state index contributed by atoms with van der Waals surface area (Å²) < 4.78 is 14.3. The summed E-state index contributed by atoms with van der Waals surface area (Å²) in [7, 11) is 0. The van der Waals surface area contributed by atoms with E-state index in [1.165, 1.54) is 18.2 Å². The molecule has 1 atom stereocenters. The summed E-state index contributed by atoms with van der Waals surface area (Å²) in [6, 6.07) is 11.8. The summed E-state index contributed by atoms with van der Waals surface area (Å²) >= 11 is 0. The molecule has 0 bridgehead atoms. The number of hydrogen-bond acceptors (Lipinski definition) is 3. The van der Waals surface area contributed by atoms with Crippen LogP contribution in [0.5, 0.6) is 0 Å². The summed E-state index contributed by atoms with van der Waals surface area (Å²) in [5, 5.41) is 7.84. The van der Waals surface area contributed by atoms with Gasteiger partial charge in [-0.15, -0.1) is 0 Å². The third kappa shape index (κ3) is 2.96. The van der Waals surface area contributed by atoms with E-state index in [1.54, 1.807) is 37.4 Å². The maximum Gasteiger partial charge on any atom is 0.275 e. The first-order chi connectivity index (χ1) is 11.1. The van der Waals surface area contributed by atoms with Crippen LogP contribution in [0.3, 0.4) is 0 Å². The number of rotatable bonds is 3. The minimum Gasteiger partial charge on any atom is -0.324 e. The predicted molar refractivity (Wildman–Crippen MR) is 85.7 cm³/mol. The quantitative estimate of drug-likeness (QED) is 0.809. The van der Waals surface area contributed by atoms with E-state index in [0.717, 1.165) is 4.68 Å². The number of carbonyl (C=O) groups is 1. The van der Waals surface area contributed by atoms with Gasteiger partial charge in [0.15, 0.2) is 0 Å². The highest BCUT2D eigenvalue weighted by Gasteiger charge is 2.18. The molecule has 1 amide bonds. The second kappa shape index (κ2) is 6.00. The maximum atomic E-state index is 13.2. The van der Waals surface area contributed by atoms with E-state index < -0.39 is 17.8 Å².